The molecule has 0 radical (unpaired) electrons. The molecule has 0 spiro atoms. The molecule has 0 aliphatic carbocycles. The Balaban J connectivity index is 2.53. The third kappa shape index (κ3) is 1.08. The lowest BCUT2D eigenvalue weighted by Crippen LogP contribution is -2.36. The van der Waals surface area contributed by atoms with Gasteiger partial charge < -0.3 is 5.01 Å². The molecule has 52 valence electrons. The molecule has 0 aromatic carbocycles. The summed E-state index contributed by atoms with van der Waals surface area (Å²) < 4.78 is 0. The molecule has 0 saturated carbocycles. The van der Waals surface area contributed by atoms with Crippen LogP contribution in [0.25, 0.3) is 0 Å². The minimum Gasteiger partial charge on any atom is -0.316 e. The van der Waals surface area contributed by atoms with Gasteiger partial charge in [-0.2, -0.15) is 0 Å². The molecule has 1 aliphatic heterocycles. The van der Waals surface area contributed by atoms with Gasteiger partial charge in [-0.1, -0.05) is 6.92 Å². The van der Waals surface area contributed by atoms with Gasteiger partial charge in [0, 0.05) is 25.8 Å². The van der Waals surface area contributed by atoms with Crippen LogP contribution in [-0.4, -0.2) is 29.7 Å². The fourth-order valence-corrected chi connectivity index (χ4v) is 1.23. The zero-order valence-corrected chi connectivity index (χ0v) is 6.33. The van der Waals surface area contributed by atoms with Crippen molar-refractivity contribution in [3.63, 3.8) is 0 Å². The van der Waals surface area contributed by atoms with Gasteiger partial charge in [-0.3, -0.25) is 0 Å². The average Bonchev–Trinajstić information content (AvgIpc) is 2.12. The molecular weight excluding hydrogens is 112 g/mol. The fraction of sp³-hybridized carbons (Fsp3) is 0.714. The van der Waals surface area contributed by atoms with Crippen LogP contribution in [0, 0.1) is 0 Å². The van der Waals surface area contributed by atoms with Crippen molar-refractivity contribution in [2.45, 2.75) is 19.9 Å². The minimum atomic E-state index is 0.583. The predicted octanol–water partition coefficient (Wildman–Crippen LogP) is 1.07. The highest BCUT2D eigenvalue weighted by molar-refractivity contribution is 4.96. The molecule has 0 N–H and O–H groups in total. The van der Waals surface area contributed by atoms with Crippen LogP contribution in [0.15, 0.2) is 12.3 Å². The number of nitrogens with zero attached hydrogens (tertiary/aromatic N) is 2. The molecule has 2 heteroatoms. The van der Waals surface area contributed by atoms with Gasteiger partial charge in [0.1, 0.15) is 0 Å². The molecule has 1 rings (SSSR count). The summed E-state index contributed by atoms with van der Waals surface area (Å²) in [5.41, 5.74) is 0. The summed E-state index contributed by atoms with van der Waals surface area (Å²) >= 11 is 0. The normalized spacial score (nSPS) is 27.9. The number of hydrogen-bond acceptors (Lipinski definition) is 2. The second-order valence-corrected chi connectivity index (χ2v) is 2.41. The smallest absolute Gasteiger partial charge is 0.0462 e. The largest absolute Gasteiger partial charge is 0.316 e. The van der Waals surface area contributed by atoms with E-state index in [9.17, 15) is 0 Å². The molecule has 0 bridgehead atoms. The number of hydrogen-bond donors (Lipinski definition) is 0. The van der Waals surface area contributed by atoms with Gasteiger partial charge in [0.25, 0.3) is 0 Å². The number of rotatable bonds is 1. The first kappa shape index (κ1) is 6.62. The van der Waals surface area contributed by atoms with Crippen molar-refractivity contribution in [2.75, 3.05) is 13.6 Å². The Morgan fingerprint density at radius 1 is 1.56 bits per heavy atom. The first-order valence-electron chi connectivity index (χ1n) is 3.43. The highest BCUT2D eigenvalue weighted by Crippen LogP contribution is 2.10. The molecule has 0 fully saturated rings. The SMILES string of the molecule is CCN1C(C)C=CN1C. The molecule has 9 heavy (non-hydrogen) atoms. The van der Waals surface area contributed by atoms with Gasteiger partial charge >= 0.3 is 0 Å². The Hall–Kier alpha value is -0.500. The molecule has 0 aromatic rings. The van der Waals surface area contributed by atoms with Crippen LogP contribution < -0.4 is 0 Å². The molecule has 2 nitrogen and oxygen atoms in total. The Kier molecular flexibility index (Phi) is 1.76. The topological polar surface area (TPSA) is 6.48 Å². The summed E-state index contributed by atoms with van der Waals surface area (Å²) in [7, 11) is 2.07. The molecule has 1 atom stereocenters. The van der Waals surface area contributed by atoms with Crippen LogP contribution in [0.1, 0.15) is 13.8 Å². The first-order valence-corrected chi connectivity index (χ1v) is 3.43. The van der Waals surface area contributed by atoms with Crippen LogP contribution in [0.4, 0.5) is 0 Å². The summed E-state index contributed by atoms with van der Waals surface area (Å²) in [6.07, 6.45) is 4.30. The second kappa shape index (κ2) is 2.40. The van der Waals surface area contributed by atoms with E-state index in [4.69, 9.17) is 0 Å². The molecule has 1 heterocycles. The van der Waals surface area contributed by atoms with Crippen LogP contribution in [0.5, 0.6) is 0 Å². The predicted molar refractivity (Wildman–Crippen MR) is 38.7 cm³/mol. The molecular formula is C7H14N2. The van der Waals surface area contributed by atoms with Crippen LogP contribution in [0.3, 0.4) is 0 Å². The molecule has 0 aromatic heterocycles. The summed E-state index contributed by atoms with van der Waals surface area (Å²) in [6.45, 7) is 5.45. The minimum absolute atomic E-state index is 0.583. The Bertz CT molecular complexity index is 108. The van der Waals surface area contributed by atoms with Crippen molar-refractivity contribution in [2.24, 2.45) is 0 Å². The zero-order chi connectivity index (χ0) is 6.85. The molecule has 1 aliphatic rings. The van der Waals surface area contributed by atoms with Crippen LogP contribution in [0.2, 0.25) is 0 Å². The molecule has 1 unspecified atom stereocenters. The van der Waals surface area contributed by atoms with E-state index in [1.807, 2.05) is 0 Å². The van der Waals surface area contributed by atoms with Crippen LogP contribution in [-0.2, 0) is 0 Å². The van der Waals surface area contributed by atoms with Crippen molar-refractivity contribution in [3.05, 3.63) is 12.3 Å². The Labute approximate surface area is 56.7 Å². The number of hydrazine groups is 1. The Morgan fingerprint density at radius 3 is 2.44 bits per heavy atom. The van der Waals surface area contributed by atoms with Gasteiger partial charge in [-0.15, -0.1) is 0 Å². The van der Waals surface area contributed by atoms with E-state index in [0.717, 1.165) is 6.54 Å². The zero-order valence-electron chi connectivity index (χ0n) is 6.33. The summed E-state index contributed by atoms with van der Waals surface area (Å²) in [4.78, 5) is 0. The maximum Gasteiger partial charge on any atom is 0.0462 e. The van der Waals surface area contributed by atoms with E-state index in [1.165, 1.54) is 0 Å². The summed E-state index contributed by atoms with van der Waals surface area (Å²) in [5, 5.41) is 4.42. The van der Waals surface area contributed by atoms with E-state index in [1.54, 1.807) is 0 Å². The monoisotopic (exact) mass is 126 g/mol. The third-order valence-electron chi connectivity index (χ3n) is 1.78. The summed E-state index contributed by atoms with van der Waals surface area (Å²) in [5.74, 6) is 0. The lowest BCUT2D eigenvalue weighted by atomic mass is 10.3. The van der Waals surface area contributed by atoms with E-state index in [0.29, 0.717) is 6.04 Å². The standard InChI is InChI=1S/C7H14N2/c1-4-9-7(2)5-6-8(9)3/h5-7H,4H2,1-3H3. The summed E-state index contributed by atoms with van der Waals surface area (Å²) in [6, 6.07) is 0.583. The van der Waals surface area contributed by atoms with Crippen molar-refractivity contribution >= 4 is 0 Å². The lowest BCUT2D eigenvalue weighted by molar-refractivity contribution is 0.0532. The van der Waals surface area contributed by atoms with Gasteiger partial charge in [-0.25, -0.2) is 5.01 Å². The molecule has 0 amide bonds. The maximum atomic E-state index is 2.29. The average molecular weight is 126 g/mol. The van der Waals surface area contributed by atoms with Crippen LogP contribution >= 0.6 is 0 Å². The third-order valence-corrected chi connectivity index (χ3v) is 1.78. The molecule has 0 saturated heterocycles. The number of likely N-dealkylation sites (N-methyl/N-ethyl adjacent to an activating group) is 1. The highest BCUT2D eigenvalue weighted by atomic mass is 15.6. The highest BCUT2D eigenvalue weighted by Gasteiger charge is 2.16. The Morgan fingerprint density at radius 2 is 2.22 bits per heavy atom. The maximum absolute atomic E-state index is 2.29. The lowest BCUT2D eigenvalue weighted by Gasteiger charge is -2.27. The van der Waals surface area contributed by atoms with E-state index in [-0.39, 0.29) is 0 Å². The van der Waals surface area contributed by atoms with Gasteiger partial charge in [0.15, 0.2) is 0 Å². The quantitative estimate of drug-likeness (QED) is 0.518. The van der Waals surface area contributed by atoms with E-state index >= 15 is 0 Å². The van der Waals surface area contributed by atoms with Crippen molar-refractivity contribution in [1.82, 2.24) is 10.0 Å². The van der Waals surface area contributed by atoms with Crippen molar-refractivity contribution < 1.29 is 0 Å². The van der Waals surface area contributed by atoms with E-state index in [2.05, 4.69) is 43.2 Å². The first-order chi connectivity index (χ1) is 4.25. The van der Waals surface area contributed by atoms with Gasteiger partial charge in [-0.05, 0) is 13.0 Å². The van der Waals surface area contributed by atoms with Crippen molar-refractivity contribution in [1.29, 1.82) is 0 Å². The van der Waals surface area contributed by atoms with E-state index < -0.39 is 0 Å². The second-order valence-electron chi connectivity index (χ2n) is 2.41. The van der Waals surface area contributed by atoms with Gasteiger partial charge in [0.2, 0.25) is 0 Å². The fourth-order valence-electron chi connectivity index (χ4n) is 1.23. The van der Waals surface area contributed by atoms with Crippen molar-refractivity contribution in [3.8, 4) is 0 Å². The van der Waals surface area contributed by atoms with Gasteiger partial charge in [0.05, 0.1) is 0 Å².